The largest absolute Gasteiger partial charge is 0.376 e. The maximum Gasteiger partial charge on any atom is 0.260 e. The van der Waals surface area contributed by atoms with Crippen LogP contribution in [0.2, 0.25) is 0 Å². The van der Waals surface area contributed by atoms with Crippen molar-refractivity contribution in [1.29, 1.82) is 0 Å². The van der Waals surface area contributed by atoms with Crippen LogP contribution in [0.15, 0.2) is 47.4 Å². The van der Waals surface area contributed by atoms with Crippen molar-refractivity contribution in [2.45, 2.75) is 44.1 Å². The molecule has 6 nitrogen and oxygen atoms in total. The maximum absolute atomic E-state index is 13.5. The lowest BCUT2D eigenvalue weighted by Gasteiger charge is -2.23. The highest BCUT2D eigenvalue weighted by Crippen LogP contribution is 2.32. The number of amides is 1. The van der Waals surface area contributed by atoms with Gasteiger partial charge in [0, 0.05) is 12.2 Å². The second-order valence-corrected chi connectivity index (χ2v) is 10.9. The monoisotopic (exact) mass is 458 g/mol. The standard InChI is InChI=1S/C23H26N2O4S2/c1-3-16-10-11-20-21(13-16)30-23(24-20)25(15-18-8-6-12-29-18)22(26)17-7-5-9-19(14-17)31(27,28)4-2/h5,7,9-11,13-14,18H,3-4,6,8,12,15H2,1-2H3. The molecule has 164 valence electrons. The van der Waals surface area contributed by atoms with Crippen molar-refractivity contribution in [3.05, 3.63) is 53.6 Å². The van der Waals surface area contributed by atoms with Crippen LogP contribution >= 0.6 is 11.3 Å². The number of sulfone groups is 1. The van der Waals surface area contributed by atoms with Crippen molar-refractivity contribution < 1.29 is 17.9 Å². The first-order valence-electron chi connectivity index (χ1n) is 10.6. The number of thiazole rings is 1. The van der Waals surface area contributed by atoms with Crippen molar-refractivity contribution >= 4 is 42.4 Å². The Bertz CT molecular complexity index is 1200. The molecule has 1 aromatic heterocycles. The minimum absolute atomic E-state index is 0.0120. The lowest BCUT2D eigenvalue weighted by atomic mass is 10.1. The first kappa shape index (κ1) is 21.9. The molecule has 1 aliphatic heterocycles. The zero-order chi connectivity index (χ0) is 22.0. The van der Waals surface area contributed by atoms with Gasteiger partial charge in [-0.25, -0.2) is 13.4 Å². The van der Waals surface area contributed by atoms with Crippen LogP contribution in [0.5, 0.6) is 0 Å². The fourth-order valence-electron chi connectivity index (χ4n) is 3.68. The molecule has 0 N–H and O–H groups in total. The zero-order valence-corrected chi connectivity index (χ0v) is 19.3. The molecule has 1 amide bonds. The first-order valence-corrected chi connectivity index (χ1v) is 13.0. The highest BCUT2D eigenvalue weighted by Gasteiger charge is 2.27. The Hall–Kier alpha value is -2.29. The number of aromatic nitrogens is 1. The fraction of sp³-hybridized carbons (Fsp3) is 0.391. The molecule has 1 atom stereocenters. The van der Waals surface area contributed by atoms with E-state index in [-0.39, 0.29) is 22.7 Å². The number of hydrogen-bond donors (Lipinski definition) is 0. The van der Waals surface area contributed by atoms with Crippen LogP contribution in [0, 0.1) is 0 Å². The van der Waals surface area contributed by atoms with Gasteiger partial charge in [0.05, 0.1) is 33.5 Å². The third-order valence-corrected chi connectivity index (χ3v) is 8.33. The van der Waals surface area contributed by atoms with Gasteiger partial charge >= 0.3 is 0 Å². The summed E-state index contributed by atoms with van der Waals surface area (Å²) in [6, 6.07) is 12.4. The van der Waals surface area contributed by atoms with Gasteiger partial charge in [-0.15, -0.1) is 0 Å². The summed E-state index contributed by atoms with van der Waals surface area (Å²) in [4.78, 5) is 20.1. The Morgan fingerprint density at radius 1 is 1.23 bits per heavy atom. The predicted octanol–water partition coefficient (Wildman–Crippen LogP) is 4.48. The molecule has 1 fully saturated rings. The van der Waals surface area contributed by atoms with Gasteiger partial charge in [-0.2, -0.15) is 0 Å². The van der Waals surface area contributed by atoms with Gasteiger partial charge in [0.1, 0.15) is 0 Å². The summed E-state index contributed by atoms with van der Waals surface area (Å²) < 4.78 is 31.4. The van der Waals surface area contributed by atoms with E-state index in [9.17, 15) is 13.2 Å². The number of carbonyl (C=O) groups is 1. The van der Waals surface area contributed by atoms with E-state index in [1.807, 2.05) is 6.07 Å². The van der Waals surface area contributed by atoms with Crippen LogP contribution in [-0.4, -0.2) is 44.3 Å². The molecule has 31 heavy (non-hydrogen) atoms. The SMILES string of the molecule is CCc1ccc2nc(N(CC3CCCO3)C(=O)c3cccc(S(=O)(=O)CC)c3)sc2c1. The molecular weight excluding hydrogens is 432 g/mol. The number of ether oxygens (including phenoxy) is 1. The number of rotatable bonds is 7. The van der Waals surface area contributed by atoms with Crippen LogP contribution in [-0.2, 0) is 21.0 Å². The lowest BCUT2D eigenvalue weighted by Crippen LogP contribution is -2.37. The Balaban J connectivity index is 1.73. The van der Waals surface area contributed by atoms with Gasteiger partial charge in [-0.05, 0) is 55.2 Å². The predicted molar refractivity (Wildman–Crippen MR) is 124 cm³/mol. The Morgan fingerprint density at radius 3 is 2.77 bits per heavy atom. The minimum Gasteiger partial charge on any atom is -0.376 e. The number of fused-ring (bicyclic) bond motifs is 1. The van der Waals surface area contributed by atoms with Crippen molar-refractivity contribution in [3.8, 4) is 0 Å². The van der Waals surface area contributed by atoms with Crippen molar-refractivity contribution in [3.63, 3.8) is 0 Å². The van der Waals surface area contributed by atoms with E-state index in [4.69, 9.17) is 9.72 Å². The fourth-order valence-corrected chi connectivity index (χ4v) is 5.64. The van der Waals surface area contributed by atoms with Crippen LogP contribution in [0.4, 0.5) is 5.13 Å². The van der Waals surface area contributed by atoms with Gasteiger partial charge in [0.2, 0.25) is 0 Å². The maximum atomic E-state index is 13.5. The van der Waals surface area contributed by atoms with E-state index in [0.717, 1.165) is 29.5 Å². The molecule has 8 heteroatoms. The Kier molecular flexibility index (Phi) is 6.41. The number of hydrogen-bond acceptors (Lipinski definition) is 6. The highest BCUT2D eigenvalue weighted by molar-refractivity contribution is 7.91. The van der Waals surface area contributed by atoms with E-state index < -0.39 is 9.84 Å². The summed E-state index contributed by atoms with van der Waals surface area (Å²) in [5.41, 5.74) is 2.41. The van der Waals surface area contributed by atoms with E-state index in [2.05, 4.69) is 19.1 Å². The molecule has 1 aliphatic rings. The first-order chi connectivity index (χ1) is 14.9. The van der Waals surface area contributed by atoms with E-state index in [0.29, 0.717) is 23.8 Å². The quantitative estimate of drug-likeness (QED) is 0.522. The smallest absolute Gasteiger partial charge is 0.260 e. The van der Waals surface area contributed by atoms with E-state index in [1.54, 1.807) is 24.0 Å². The number of benzene rings is 2. The van der Waals surface area contributed by atoms with Crippen molar-refractivity contribution in [2.24, 2.45) is 0 Å². The van der Waals surface area contributed by atoms with Gasteiger partial charge in [0.25, 0.3) is 5.91 Å². The zero-order valence-electron chi connectivity index (χ0n) is 17.7. The van der Waals surface area contributed by atoms with Gasteiger partial charge in [-0.3, -0.25) is 9.69 Å². The van der Waals surface area contributed by atoms with E-state index >= 15 is 0 Å². The molecule has 1 saturated heterocycles. The highest BCUT2D eigenvalue weighted by atomic mass is 32.2. The molecule has 2 aromatic carbocycles. The summed E-state index contributed by atoms with van der Waals surface area (Å²) >= 11 is 1.48. The summed E-state index contributed by atoms with van der Waals surface area (Å²) in [5.74, 6) is -0.277. The third-order valence-electron chi connectivity index (χ3n) is 5.56. The normalized spacial score (nSPS) is 16.6. The average molecular weight is 459 g/mol. The minimum atomic E-state index is -3.40. The number of aryl methyl sites for hydroxylation is 1. The third kappa shape index (κ3) is 4.66. The summed E-state index contributed by atoms with van der Waals surface area (Å²) in [7, 11) is -3.40. The molecule has 0 radical (unpaired) electrons. The van der Waals surface area contributed by atoms with Crippen LogP contribution in [0.1, 0.15) is 42.6 Å². The van der Waals surface area contributed by atoms with Crippen molar-refractivity contribution in [1.82, 2.24) is 4.98 Å². The topological polar surface area (TPSA) is 76.6 Å². The van der Waals surface area contributed by atoms with Gasteiger partial charge in [-0.1, -0.05) is 37.3 Å². The molecule has 0 bridgehead atoms. The molecule has 0 aliphatic carbocycles. The van der Waals surface area contributed by atoms with E-state index in [1.165, 1.54) is 29.0 Å². The number of carbonyl (C=O) groups excluding carboxylic acids is 1. The summed E-state index contributed by atoms with van der Waals surface area (Å²) in [6.07, 6.45) is 2.74. The van der Waals surface area contributed by atoms with Crippen LogP contribution in [0.3, 0.4) is 0 Å². The number of anilines is 1. The Labute approximate surface area is 186 Å². The molecule has 3 aromatic rings. The molecule has 1 unspecified atom stereocenters. The lowest BCUT2D eigenvalue weighted by molar-refractivity contribution is 0.0917. The van der Waals surface area contributed by atoms with Crippen LogP contribution in [0.25, 0.3) is 10.2 Å². The van der Waals surface area contributed by atoms with Gasteiger partial charge in [0.15, 0.2) is 15.0 Å². The summed E-state index contributed by atoms with van der Waals surface area (Å²) in [5, 5.41) is 0.604. The molecule has 0 spiro atoms. The molecule has 2 heterocycles. The summed E-state index contributed by atoms with van der Waals surface area (Å²) in [6.45, 7) is 4.79. The average Bonchev–Trinajstić information content (AvgIpc) is 3.46. The van der Waals surface area contributed by atoms with Crippen LogP contribution < -0.4 is 4.90 Å². The number of nitrogens with zero attached hydrogens (tertiary/aromatic N) is 2. The van der Waals surface area contributed by atoms with Gasteiger partial charge < -0.3 is 4.74 Å². The second-order valence-electron chi connectivity index (χ2n) is 7.63. The molecule has 4 rings (SSSR count). The molecule has 0 saturated carbocycles. The second kappa shape index (κ2) is 9.06. The van der Waals surface area contributed by atoms with Crippen molar-refractivity contribution in [2.75, 3.05) is 23.8 Å². The Morgan fingerprint density at radius 2 is 2.06 bits per heavy atom. The molecular formula is C23H26N2O4S2.